The minimum Gasteiger partial charge on any atom is -0.497 e. The monoisotopic (exact) mass is 279 g/mol. The molecule has 21 heavy (non-hydrogen) atoms. The standard InChI is InChI=1S/C18H17NO2/c1-21-17-13-11-16(12-14-17)19-18(20)10-6-5-9-15-7-3-2-4-8-15/h2-4,7-8,11-14H,6,10H2,1H3,(H,19,20). The SMILES string of the molecule is COc1ccc(NC(=O)CCC#Cc2ccccc2)cc1. The Balaban J connectivity index is 1.78. The van der Waals surface area contributed by atoms with Crippen LogP contribution in [-0.4, -0.2) is 13.0 Å². The quantitative estimate of drug-likeness (QED) is 0.870. The zero-order valence-electron chi connectivity index (χ0n) is 11.9. The maximum absolute atomic E-state index is 11.8. The van der Waals surface area contributed by atoms with E-state index in [9.17, 15) is 4.79 Å². The molecular formula is C18H17NO2. The summed E-state index contributed by atoms with van der Waals surface area (Å²) in [4.78, 5) is 11.8. The Bertz CT molecular complexity index is 636. The summed E-state index contributed by atoms with van der Waals surface area (Å²) < 4.78 is 5.06. The third-order valence-corrected chi connectivity index (χ3v) is 2.86. The molecule has 106 valence electrons. The van der Waals surface area contributed by atoms with Crippen LogP contribution in [-0.2, 0) is 4.79 Å². The number of nitrogens with one attached hydrogen (secondary N) is 1. The van der Waals surface area contributed by atoms with Crippen molar-refractivity contribution >= 4 is 11.6 Å². The number of methoxy groups -OCH3 is 1. The van der Waals surface area contributed by atoms with Gasteiger partial charge < -0.3 is 10.1 Å². The Labute approximate surface area is 125 Å². The Kier molecular flexibility index (Phi) is 5.42. The fourth-order valence-corrected chi connectivity index (χ4v) is 1.76. The van der Waals surface area contributed by atoms with Crippen molar-refractivity contribution in [1.29, 1.82) is 0 Å². The number of hydrogen-bond acceptors (Lipinski definition) is 2. The molecule has 0 fully saturated rings. The van der Waals surface area contributed by atoms with E-state index < -0.39 is 0 Å². The summed E-state index contributed by atoms with van der Waals surface area (Å²) in [7, 11) is 1.61. The Hall–Kier alpha value is -2.73. The van der Waals surface area contributed by atoms with E-state index in [4.69, 9.17) is 4.74 Å². The number of amides is 1. The van der Waals surface area contributed by atoms with Crippen molar-refractivity contribution in [2.45, 2.75) is 12.8 Å². The van der Waals surface area contributed by atoms with E-state index in [2.05, 4.69) is 17.2 Å². The first-order valence-corrected chi connectivity index (χ1v) is 6.76. The van der Waals surface area contributed by atoms with Crippen LogP contribution < -0.4 is 10.1 Å². The average molecular weight is 279 g/mol. The predicted octanol–water partition coefficient (Wildman–Crippen LogP) is 3.47. The lowest BCUT2D eigenvalue weighted by atomic mass is 10.2. The van der Waals surface area contributed by atoms with E-state index in [1.54, 1.807) is 7.11 Å². The van der Waals surface area contributed by atoms with Crippen LogP contribution in [0.15, 0.2) is 54.6 Å². The van der Waals surface area contributed by atoms with Crippen LogP contribution in [0.25, 0.3) is 0 Å². The van der Waals surface area contributed by atoms with Gasteiger partial charge in [0, 0.05) is 24.1 Å². The highest BCUT2D eigenvalue weighted by Gasteiger charge is 2.01. The van der Waals surface area contributed by atoms with Crippen LogP contribution in [0.5, 0.6) is 5.75 Å². The molecule has 0 spiro atoms. The number of hydrogen-bond donors (Lipinski definition) is 1. The van der Waals surface area contributed by atoms with Gasteiger partial charge in [0.2, 0.25) is 5.91 Å². The maximum atomic E-state index is 11.8. The van der Waals surface area contributed by atoms with Crippen molar-refractivity contribution in [3.63, 3.8) is 0 Å². The minimum absolute atomic E-state index is 0.0393. The summed E-state index contributed by atoms with van der Waals surface area (Å²) in [6.45, 7) is 0. The van der Waals surface area contributed by atoms with Gasteiger partial charge in [0.15, 0.2) is 0 Å². The third kappa shape index (κ3) is 5.04. The molecule has 1 amide bonds. The maximum Gasteiger partial charge on any atom is 0.225 e. The fourth-order valence-electron chi connectivity index (χ4n) is 1.76. The van der Waals surface area contributed by atoms with Gasteiger partial charge in [0.05, 0.1) is 7.11 Å². The molecule has 2 aromatic carbocycles. The summed E-state index contributed by atoms with van der Waals surface area (Å²) in [5, 5.41) is 2.83. The molecule has 0 heterocycles. The number of carbonyl (C=O) groups excluding carboxylic acids is 1. The molecule has 0 aromatic heterocycles. The molecular weight excluding hydrogens is 262 g/mol. The Morgan fingerprint density at radius 3 is 2.48 bits per heavy atom. The van der Waals surface area contributed by atoms with Crippen LogP contribution in [0.2, 0.25) is 0 Å². The average Bonchev–Trinajstić information content (AvgIpc) is 2.53. The van der Waals surface area contributed by atoms with Crippen LogP contribution in [0.4, 0.5) is 5.69 Å². The fraction of sp³-hybridized carbons (Fsp3) is 0.167. The van der Waals surface area contributed by atoms with E-state index in [1.807, 2.05) is 54.6 Å². The lowest BCUT2D eigenvalue weighted by Crippen LogP contribution is -2.10. The second kappa shape index (κ2) is 7.76. The number of benzene rings is 2. The molecule has 3 heteroatoms. The molecule has 0 aliphatic rings. The molecule has 0 saturated carbocycles. The van der Waals surface area contributed by atoms with Gasteiger partial charge in [-0.05, 0) is 36.4 Å². The molecule has 0 atom stereocenters. The van der Waals surface area contributed by atoms with E-state index in [0.717, 1.165) is 17.0 Å². The van der Waals surface area contributed by atoms with Crippen molar-refractivity contribution < 1.29 is 9.53 Å². The second-order valence-corrected chi connectivity index (χ2v) is 4.44. The first kappa shape index (κ1) is 14.7. The minimum atomic E-state index is -0.0393. The number of anilines is 1. The van der Waals surface area contributed by atoms with Gasteiger partial charge in [-0.15, -0.1) is 0 Å². The van der Waals surface area contributed by atoms with Crippen LogP contribution in [0.3, 0.4) is 0 Å². The summed E-state index contributed by atoms with van der Waals surface area (Å²) in [6.07, 6.45) is 0.919. The van der Waals surface area contributed by atoms with Gasteiger partial charge in [-0.1, -0.05) is 30.0 Å². The topological polar surface area (TPSA) is 38.3 Å². The van der Waals surface area contributed by atoms with Crippen LogP contribution in [0.1, 0.15) is 18.4 Å². The highest BCUT2D eigenvalue weighted by atomic mass is 16.5. The van der Waals surface area contributed by atoms with Crippen molar-refractivity contribution in [2.24, 2.45) is 0 Å². The van der Waals surface area contributed by atoms with Crippen molar-refractivity contribution in [3.05, 3.63) is 60.2 Å². The van der Waals surface area contributed by atoms with Crippen LogP contribution >= 0.6 is 0 Å². The molecule has 1 N–H and O–H groups in total. The smallest absolute Gasteiger partial charge is 0.225 e. The lowest BCUT2D eigenvalue weighted by Gasteiger charge is -2.04. The van der Waals surface area contributed by atoms with Gasteiger partial charge in [-0.25, -0.2) is 0 Å². The van der Waals surface area contributed by atoms with Gasteiger partial charge >= 0.3 is 0 Å². The van der Waals surface area contributed by atoms with Gasteiger partial charge in [0.25, 0.3) is 0 Å². The molecule has 3 nitrogen and oxygen atoms in total. The third-order valence-electron chi connectivity index (χ3n) is 2.86. The summed E-state index contributed by atoms with van der Waals surface area (Å²) >= 11 is 0. The zero-order chi connectivity index (χ0) is 14.9. The van der Waals surface area contributed by atoms with E-state index in [1.165, 1.54) is 0 Å². The van der Waals surface area contributed by atoms with Crippen LogP contribution in [0, 0.1) is 11.8 Å². The normalized spacial score (nSPS) is 9.38. The largest absolute Gasteiger partial charge is 0.497 e. The molecule has 2 rings (SSSR count). The molecule has 0 aliphatic carbocycles. The lowest BCUT2D eigenvalue weighted by molar-refractivity contribution is -0.116. The second-order valence-electron chi connectivity index (χ2n) is 4.44. The molecule has 0 saturated heterocycles. The van der Waals surface area contributed by atoms with Crippen molar-refractivity contribution in [3.8, 4) is 17.6 Å². The van der Waals surface area contributed by atoms with E-state index in [-0.39, 0.29) is 5.91 Å². The Morgan fingerprint density at radius 2 is 1.81 bits per heavy atom. The summed E-state index contributed by atoms with van der Waals surface area (Å²) in [6, 6.07) is 17.0. The van der Waals surface area contributed by atoms with Crippen molar-refractivity contribution in [1.82, 2.24) is 0 Å². The van der Waals surface area contributed by atoms with Crippen molar-refractivity contribution in [2.75, 3.05) is 12.4 Å². The van der Waals surface area contributed by atoms with Gasteiger partial charge in [-0.3, -0.25) is 4.79 Å². The van der Waals surface area contributed by atoms with E-state index >= 15 is 0 Å². The Morgan fingerprint density at radius 1 is 1.10 bits per heavy atom. The zero-order valence-corrected chi connectivity index (χ0v) is 11.9. The van der Waals surface area contributed by atoms with E-state index in [0.29, 0.717) is 12.8 Å². The first-order valence-electron chi connectivity index (χ1n) is 6.76. The molecule has 2 aromatic rings. The number of ether oxygens (including phenoxy) is 1. The van der Waals surface area contributed by atoms with Gasteiger partial charge in [-0.2, -0.15) is 0 Å². The number of rotatable bonds is 4. The predicted molar refractivity (Wildman–Crippen MR) is 84.2 cm³/mol. The molecule has 0 radical (unpaired) electrons. The highest BCUT2D eigenvalue weighted by Crippen LogP contribution is 2.15. The summed E-state index contributed by atoms with van der Waals surface area (Å²) in [5.41, 5.74) is 1.73. The number of carbonyl (C=O) groups is 1. The van der Waals surface area contributed by atoms with Gasteiger partial charge in [0.1, 0.15) is 5.75 Å². The molecule has 0 aliphatic heterocycles. The highest BCUT2D eigenvalue weighted by molar-refractivity contribution is 5.90. The molecule has 0 unspecified atom stereocenters. The summed E-state index contributed by atoms with van der Waals surface area (Å²) in [5.74, 6) is 6.76. The molecule has 0 bridgehead atoms. The first-order chi connectivity index (χ1) is 10.3.